The lowest BCUT2D eigenvalue weighted by atomic mass is 10.0. The summed E-state index contributed by atoms with van der Waals surface area (Å²) in [5.74, 6) is 0.991. The summed E-state index contributed by atoms with van der Waals surface area (Å²) < 4.78 is 18.6. The number of nitrogens with zero attached hydrogens (tertiary/aromatic N) is 2. The van der Waals surface area contributed by atoms with Gasteiger partial charge < -0.3 is 44.8 Å². The molecule has 2 heterocycles. The van der Waals surface area contributed by atoms with E-state index in [1.807, 2.05) is 85.9 Å². The molecule has 4 aromatic carbocycles. The normalized spacial score (nSPS) is 18.5. The maximum atomic E-state index is 13.0. The zero-order valence-electron chi connectivity index (χ0n) is 39.9. The van der Waals surface area contributed by atoms with Crippen molar-refractivity contribution < 1.29 is 38.2 Å². The van der Waals surface area contributed by atoms with Gasteiger partial charge in [0.25, 0.3) is 5.91 Å². The first-order valence-corrected chi connectivity index (χ1v) is 26.6. The number of phenolic OH excluding ortho intramolecular Hbond substituents is 1. The number of phenols is 1. The van der Waals surface area contributed by atoms with Crippen LogP contribution in [-0.2, 0) is 30.1 Å². The van der Waals surface area contributed by atoms with Crippen LogP contribution in [0.15, 0.2) is 91.0 Å². The Bertz CT molecular complexity index is 2340. The van der Waals surface area contributed by atoms with E-state index in [-0.39, 0.29) is 46.9 Å². The summed E-state index contributed by atoms with van der Waals surface area (Å²) in [5.41, 5.74) is 5.48. The molecule has 15 heteroatoms. The monoisotopic (exact) mass is 932 g/mol. The van der Waals surface area contributed by atoms with Gasteiger partial charge in [-0.3, -0.25) is 19.7 Å². The van der Waals surface area contributed by atoms with Crippen LogP contribution in [0.25, 0.3) is 11.1 Å². The number of anilines is 3. The molecule has 7 rings (SSSR count). The second kappa shape index (κ2) is 21.9. The molecule has 2 aliphatic heterocycles. The van der Waals surface area contributed by atoms with E-state index in [0.717, 1.165) is 66.0 Å². The molecule has 0 aromatic heterocycles. The Labute approximate surface area is 396 Å². The van der Waals surface area contributed by atoms with Gasteiger partial charge >= 0.3 is 6.09 Å². The molecule has 0 bridgehead atoms. The van der Waals surface area contributed by atoms with Crippen LogP contribution in [0.1, 0.15) is 76.5 Å². The highest BCUT2D eigenvalue weighted by Gasteiger charge is 2.43. The molecule has 2 unspecified atom stereocenters. The van der Waals surface area contributed by atoms with Gasteiger partial charge in [0, 0.05) is 76.0 Å². The molecule has 3 atom stereocenters. The number of aromatic hydroxyl groups is 1. The van der Waals surface area contributed by atoms with Crippen molar-refractivity contribution in [3.05, 3.63) is 102 Å². The van der Waals surface area contributed by atoms with Crippen molar-refractivity contribution in [3.63, 3.8) is 0 Å². The summed E-state index contributed by atoms with van der Waals surface area (Å²) in [5, 5.41) is 22.6. The highest BCUT2D eigenvalue weighted by Crippen LogP contribution is 2.46. The molecule has 67 heavy (non-hydrogen) atoms. The van der Waals surface area contributed by atoms with E-state index in [2.05, 4.69) is 60.0 Å². The third-order valence-electron chi connectivity index (χ3n) is 13.8. The lowest BCUT2D eigenvalue weighted by Crippen LogP contribution is -2.43. The van der Waals surface area contributed by atoms with Gasteiger partial charge in [0.05, 0.1) is 11.8 Å². The molecule has 4 aromatic rings. The minimum absolute atomic E-state index is 0.0478. The van der Waals surface area contributed by atoms with Crippen LogP contribution in [0, 0.1) is 11.8 Å². The number of amides is 4. The highest BCUT2D eigenvalue weighted by atomic mass is 28.4. The van der Waals surface area contributed by atoms with Crippen molar-refractivity contribution in [1.82, 2.24) is 15.1 Å². The van der Waals surface area contributed by atoms with Crippen molar-refractivity contribution in [2.24, 2.45) is 11.8 Å². The zero-order valence-corrected chi connectivity index (χ0v) is 40.9. The van der Waals surface area contributed by atoms with Gasteiger partial charge in [-0.2, -0.15) is 0 Å². The first-order chi connectivity index (χ1) is 32.0. The number of unbranched alkanes of at least 4 members (excludes halogenated alkanes) is 1. The van der Waals surface area contributed by atoms with Gasteiger partial charge in [-0.15, -0.1) is 0 Å². The Hall–Kier alpha value is -5.74. The summed E-state index contributed by atoms with van der Waals surface area (Å²) >= 11 is 0. The lowest BCUT2D eigenvalue weighted by Gasteiger charge is -2.40. The van der Waals surface area contributed by atoms with E-state index in [1.165, 1.54) is 0 Å². The van der Waals surface area contributed by atoms with E-state index in [9.17, 15) is 24.3 Å². The van der Waals surface area contributed by atoms with Crippen molar-refractivity contribution in [1.29, 1.82) is 0 Å². The first kappa shape index (κ1) is 49.2. The molecule has 2 fully saturated rings. The minimum atomic E-state index is -2.25. The number of likely N-dealkylation sites (tertiary alicyclic amines) is 1. The number of hydrogen-bond donors (Lipinski definition) is 5. The molecule has 14 nitrogen and oxygen atoms in total. The topological polar surface area (TPSA) is 171 Å². The van der Waals surface area contributed by atoms with Crippen LogP contribution >= 0.6 is 0 Å². The Kier molecular flexibility index (Phi) is 16.1. The summed E-state index contributed by atoms with van der Waals surface area (Å²) in [7, 11) is -0.412. The average molecular weight is 933 g/mol. The third kappa shape index (κ3) is 13.0. The van der Waals surface area contributed by atoms with Crippen molar-refractivity contribution in [2.45, 2.75) is 96.2 Å². The highest BCUT2D eigenvalue weighted by molar-refractivity contribution is 6.74. The fraction of sp³-hybridized carbons (Fsp3) is 0.462. The van der Waals surface area contributed by atoms with Gasteiger partial charge in [0.1, 0.15) is 17.5 Å². The summed E-state index contributed by atoms with van der Waals surface area (Å²) in [6, 6.07) is 28.8. The van der Waals surface area contributed by atoms with E-state index < -0.39 is 20.5 Å². The maximum absolute atomic E-state index is 13.0. The average Bonchev–Trinajstić information content (AvgIpc) is 3.85. The van der Waals surface area contributed by atoms with E-state index in [0.29, 0.717) is 63.0 Å². The lowest BCUT2D eigenvalue weighted by molar-refractivity contribution is -0.130. The molecular formula is C52H68N6O8Si. The second-order valence-corrected chi connectivity index (χ2v) is 24.6. The zero-order chi connectivity index (χ0) is 47.7. The number of nitrogens with one attached hydrogen (secondary N) is 4. The van der Waals surface area contributed by atoms with Crippen LogP contribution < -0.4 is 26.0 Å². The number of hydrogen-bond acceptors (Lipinski definition) is 10. The SMILES string of the molecule is CN(CCCCC(=O)Nc1ccc(CNC[C@H](O[Si](C)(C)C(C)(C)C)c2ccc(O)c3c2OCC(=O)N3)cc1)C(=O)CCN1CC2CC(OC(=O)Nc3ccccc3-c3ccccc3)CC2C1. The van der Waals surface area contributed by atoms with E-state index >= 15 is 0 Å². The van der Waals surface area contributed by atoms with Crippen LogP contribution in [0.5, 0.6) is 11.5 Å². The molecule has 1 saturated heterocycles. The molecule has 358 valence electrons. The molecule has 4 amide bonds. The molecule has 1 aliphatic carbocycles. The Morgan fingerprint density at radius 2 is 1.61 bits per heavy atom. The fourth-order valence-corrected chi connectivity index (χ4v) is 10.3. The number of ether oxygens (including phenoxy) is 2. The van der Waals surface area contributed by atoms with Crippen LogP contribution in [-0.4, -0.2) is 99.5 Å². The standard InChI is InChI=1S/C52H68N6O8Si/c1-52(2,3)67(5,6)66-45(42-23-24-44(59)49-50(42)64-34-47(61)56-49)31-53-30-35-19-21-39(22-20-35)54-46(60)18-12-13-26-57(4)48(62)25-27-58-32-37-28-40(29-38(37)33-58)65-51(63)55-43-17-11-10-16-41(43)36-14-8-7-9-15-36/h7-11,14-17,19-24,37-38,40,45,53,59H,12-13,18,25-34H2,1-6H3,(H,54,60)(H,55,63)(H,56,61)/t37?,38?,40?,45-/m0/s1. The number of carbonyl (C=O) groups is 4. The molecule has 3 aliphatic rings. The van der Waals surface area contributed by atoms with Crippen LogP contribution in [0.2, 0.25) is 18.1 Å². The summed E-state index contributed by atoms with van der Waals surface area (Å²) in [4.78, 5) is 55.0. The molecule has 0 radical (unpaired) electrons. The molecule has 1 saturated carbocycles. The molecule has 5 N–H and O–H groups in total. The van der Waals surface area contributed by atoms with Crippen LogP contribution in [0.4, 0.5) is 21.9 Å². The number of rotatable bonds is 19. The van der Waals surface area contributed by atoms with Crippen molar-refractivity contribution in [3.8, 4) is 22.6 Å². The Balaban J connectivity index is 0.772. The van der Waals surface area contributed by atoms with Gasteiger partial charge in [0.2, 0.25) is 11.8 Å². The summed E-state index contributed by atoms with van der Waals surface area (Å²) in [6.07, 6.45) is 2.95. The fourth-order valence-electron chi connectivity index (χ4n) is 9.03. The van der Waals surface area contributed by atoms with Crippen molar-refractivity contribution >= 4 is 49.2 Å². The van der Waals surface area contributed by atoms with Gasteiger partial charge in [0.15, 0.2) is 20.7 Å². The third-order valence-corrected chi connectivity index (χ3v) is 18.3. The quantitative estimate of drug-likeness (QED) is 0.0347. The van der Waals surface area contributed by atoms with Crippen molar-refractivity contribution in [2.75, 3.05) is 62.3 Å². The Morgan fingerprint density at radius 1 is 0.910 bits per heavy atom. The molecular weight excluding hydrogens is 865 g/mol. The smallest absolute Gasteiger partial charge is 0.411 e. The summed E-state index contributed by atoms with van der Waals surface area (Å²) in [6.45, 7) is 14.9. The van der Waals surface area contributed by atoms with E-state index in [1.54, 1.807) is 17.0 Å². The molecule has 0 spiro atoms. The maximum Gasteiger partial charge on any atom is 0.411 e. The predicted octanol–water partition coefficient (Wildman–Crippen LogP) is 9.16. The number of para-hydroxylation sites is 1. The first-order valence-electron chi connectivity index (χ1n) is 23.7. The largest absolute Gasteiger partial charge is 0.506 e. The minimum Gasteiger partial charge on any atom is -0.506 e. The Morgan fingerprint density at radius 3 is 2.33 bits per heavy atom. The van der Waals surface area contributed by atoms with Gasteiger partial charge in [-0.1, -0.05) is 81.4 Å². The van der Waals surface area contributed by atoms with Crippen LogP contribution in [0.3, 0.4) is 0 Å². The predicted molar refractivity (Wildman–Crippen MR) is 265 cm³/mol. The number of fused-ring (bicyclic) bond motifs is 2. The number of carbonyl (C=O) groups excluding carboxylic acids is 4. The van der Waals surface area contributed by atoms with Gasteiger partial charge in [-0.05, 0) is 97.1 Å². The number of benzene rings is 4. The second-order valence-electron chi connectivity index (χ2n) is 19.8. The van der Waals surface area contributed by atoms with E-state index in [4.69, 9.17) is 13.9 Å². The van der Waals surface area contributed by atoms with Gasteiger partial charge in [-0.25, -0.2) is 4.79 Å².